The summed E-state index contributed by atoms with van der Waals surface area (Å²) >= 11 is 0. The third-order valence-corrected chi connectivity index (χ3v) is 3.54. The molecule has 3 heteroatoms. The van der Waals surface area contributed by atoms with Crippen molar-refractivity contribution in [2.24, 2.45) is 11.8 Å². The quantitative estimate of drug-likeness (QED) is 0.624. The van der Waals surface area contributed by atoms with Crippen molar-refractivity contribution >= 4 is 5.91 Å². The largest absolute Gasteiger partial charge is 0.381 e. The summed E-state index contributed by atoms with van der Waals surface area (Å²) in [6.07, 6.45) is 2.88. The van der Waals surface area contributed by atoms with E-state index in [9.17, 15) is 4.79 Å². The second-order valence-corrected chi connectivity index (χ2v) is 6.24. The maximum atomic E-state index is 12.3. The number of nitrogens with zero attached hydrogens (tertiary/aromatic N) is 1. The van der Waals surface area contributed by atoms with Crippen molar-refractivity contribution in [1.82, 2.24) is 4.90 Å². The van der Waals surface area contributed by atoms with E-state index < -0.39 is 0 Å². The number of carbonyl (C=O) groups excluding carboxylic acids is 1. The maximum absolute atomic E-state index is 12.3. The average Bonchev–Trinajstić information content (AvgIpc) is 3.08. The van der Waals surface area contributed by atoms with Gasteiger partial charge in [-0.25, -0.2) is 0 Å². The van der Waals surface area contributed by atoms with Crippen molar-refractivity contribution in [2.75, 3.05) is 13.2 Å². The monoisotopic (exact) mass is 255 g/mol. The highest BCUT2D eigenvalue weighted by Crippen LogP contribution is 2.31. The molecule has 1 aliphatic carbocycles. The third-order valence-electron chi connectivity index (χ3n) is 3.54. The maximum Gasteiger partial charge on any atom is 0.225 e. The van der Waals surface area contributed by atoms with Crippen LogP contribution in [0, 0.1) is 11.8 Å². The summed E-state index contributed by atoms with van der Waals surface area (Å²) in [5.74, 6) is 1.32. The highest BCUT2D eigenvalue weighted by Gasteiger charge is 2.36. The van der Waals surface area contributed by atoms with E-state index in [0.29, 0.717) is 36.9 Å². The van der Waals surface area contributed by atoms with Gasteiger partial charge in [0.15, 0.2) is 0 Å². The minimum absolute atomic E-state index is 0.266. The Balaban J connectivity index is 2.36. The van der Waals surface area contributed by atoms with Gasteiger partial charge < -0.3 is 9.64 Å². The Bertz CT molecular complexity index is 259. The number of amides is 1. The summed E-state index contributed by atoms with van der Waals surface area (Å²) in [6.45, 7) is 12.1. The number of hydrogen-bond acceptors (Lipinski definition) is 2. The molecule has 1 unspecified atom stereocenters. The van der Waals surface area contributed by atoms with Crippen LogP contribution < -0.4 is 0 Å². The highest BCUT2D eigenvalue weighted by molar-refractivity contribution is 5.77. The first-order valence-electron chi connectivity index (χ1n) is 7.32. The molecule has 0 aromatic heterocycles. The summed E-state index contributed by atoms with van der Waals surface area (Å²) in [5, 5.41) is 0. The lowest BCUT2D eigenvalue weighted by Gasteiger charge is -2.32. The molecule has 0 bridgehead atoms. The normalized spacial score (nSPS) is 17.3. The van der Waals surface area contributed by atoms with Crippen molar-refractivity contribution in [3.05, 3.63) is 0 Å². The van der Waals surface area contributed by atoms with E-state index in [-0.39, 0.29) is 5.91 Å². The van der Waals surface area contributed by atoms with E-state index in [1.807, 2.05) is 0 Å². The topological polar surface area (TPSA) is 29.5 Å². The van der Waals surface area contributed by atoms with E-state index in [0.717, 1.165) is 6.61 Å². The molecule has 106 valence electrons. The van der Waals surface area contributed by atoms with Crippen LogP contribution in [0.15, 0.2) is 0 Å². The summed E-state index contributed by atoms with van der Waals surface area (Å²) < 4.78 is 5.51. The lowest BCUT2D eigenvalue weighted by atomic mass is 10.0. The molecule has 0 radical (unpaired) electrons. The van der Waals surface area contributed by atoms with E-state index >= 15 is 0 Å². The van der Waals surface area contributed by atoms with Crippen molar-refractivity contribution in [2.45, 2.75) is 66.0 Å². The first kappa shape index (κ1) is 15.5. The van der Waals surface area contributed by atoms with Gasteiger partial charge in [0.2, 0.25) is 5.91 Å². The predicted octanol–water partition coefficient (Wildman–Crippen LogP) is 3.08. The first-order valence-corrected chi connectivity index (χ1v) is 7.32. The zero-order valence-corrected chi connectivity index (χ0v) is 12.6. The lowest BCUT2D eigenvalue weighted by Crippen LogP contribution is -2.43. The molecule has 3 nitrogen and oxygen atoms in total. The molecule has 0 spiro atoms. The van der Waals surface area contributed by atoms with Crippen molar-refractivity contribution < 1.29 is 9.53 Å². The Labute approximate surface area is 112 Å². The second kappa shape index (κ2) is 7.13. The molecule has 1 atom stereocenters. The van der Waals surface area contributed by atoms with Gasteiger partial charge in [-0.15, -0.1) is 0 Å². The molecule has 0 aromatic carbocycles. The van der Waals surface area contributed by atoms with E-state index in [1.54, 1.807) is 0 Å². The van der Waals surface area contributed by atoms with Gasteiger partial charge in [-0.1, -0.05) is 27.7 Å². The van der Waals surface area contributed by atoms with E-state index in [4.69, 9.17) is 4.74 Å². The summed E-state index contributed by atoms with van der Waals surface area (Å²) in [6, 6.07) is 0.843. The Kier molecular flexibility index (Phi) is 6.13. The van der Waals surface area contributed by atoms with Crippen LogP contribution in [-0.4, -0.2) is 36.1 Å². The fourth-order valence-corrected chi connectivity index (χ4v) is 2.04. The number of hydrogen-bond donors (Lipinski definition) is 0. The molecule has 1 amide bonds. The molecular weight excluding hydrogens is 226 g/mol. The van der Waals surface area contributed by atoms with Crippen LogP contribution >= 0.6 is 0 Å². The first-order chi connectivity index (χ1) is 8.43. The van der Waals surface area contributed by atoms with Gasteiger partial charge in [-0.2, -0.15) is 0 Å². The molecule has 18 heavy (non-hydrogen) atoms. The SMILES string of the molecule is CC(C)COCCC(=O)N(C1CC1)C(C)C(C)C. The smallest absolute Gasteiger partial charge is 0.225 e. The Morgan fingerprint density at radius 3 is 2.28 bits per heavy atom. The van der Waals surface area contributed by atoms with Crippen molar-refractivity contribution in [3.8, 4) is 0 Å². The van der Waals surface area contributed by atoms with Gasteiger partial charge in [-0.05, 0) is 31.6 Å². The molecule has 1 aliphatic rings. The summed E-state index contributed by atoms with van der Waals surface area (Å²) in [5.41, 5.74) is 0. The lowest BCUT2D eigenvalue weighted by molar-refractivity contribution is -0.136. The van der Waals surface area contributed by atoms with Crippen LogP contribution in [0.1, 0.15) is 53.9 Å². The number of carbonyl (C=O) groups is 1. The molecule has 0 aromatic rings. The van der Waals surface area contributed by atoms with Crippen LogP contribution in [0.3, 0.4) is 0 Å². The molecule has 0 aliphatic heterocycles. The minimum Gasteiger partial charge on any atom is -0.381 e. The summed E-state index contributed by atoms with van der Waals surface area (Å²) in [4.78, 5) is 14.4. The highest BCUT2D eigenvalue weighted by atomic mass is 16.5. The molecule has 1 rings (SSSR count). The predicted molar refractivity (Wildman–Crippen MR) is 74.4 cm³/mol. The summed E-state index contributed by atoms with van der Waals surface area (Å²) in [7, 11) is 0. The van der Waals surface area contributed by atoms with Gasteiger partial charge in [0, 0.05) is 18.7 Å². The fraction of sp³-hybridized carbons (Fsp3) is 0.933. The van der Waals surface area contributed by atoms with E-state index in [2.05, 4.69) is 39.5 Å². The molecule has 0 heterocycles. The number of rotatable bonds is 8. The van der Waals surface area contributed by atoms with Crippen LogP contribution in [-0.2, 0) is 9.53 Å². The van der Waals surface area contributed by atoms with Gasteiger partial charge in [0.1, 0.15) is 0 Å². The molecule has 0 saturated heterocycles. The Morgan fingerprint density at radius 2 is 1.83 bits per heavy atom. The van der Waals surface area contributed by atoms with Crippen LogP contribution in [0.5, 0.6) is 0 Å². The van der Waals surface area contributed by atoms with Gasteiger partial charge in [0.05, 0.1) is 13.0 Å². The molecule has 0 N–H and O–H groups in total. The minimum atomic E-state index is 0.266. The Hall–Kier alpha value is -0.570. The third kappa shape index (κ3) is 4.97. The second-order valence-electron chi connectivity index (χ2n) is 6.24. The zero-order chi connectivity index (χ0) is 13.7. The standard InChI is InChI=1S/C15H29NO2/c1-11(2)10-18-9-8-15(17)16(14-6-7-14)13(5)12(3)4/h11-14H,6-10H2,1-5H3. The van der Waals surface area contributed by atoms with Crippen molar-refractivity contribution in [1.29, 1.82) is 0 Å². The molecule has 1 saturated carbocycles. The van der Waals surface area contributed by atoms with Crippen LogP contribution in [0.25, 0.3) is 0 Å². The van der Waals surface area contributed by atoms with Gasteiger partial charge in [0.25, 0.3) is 0 Å². The average molecular weight is 255 g/mol. The van der Waals surface area contributed by atoms with Crippen LogP contribution in [0.2, 0.25) is 0 Å². The Morgan fingerprint density at radius 1 is 1.22 bits per heavy atom. The van der Waals surface area contributed by atoms with Gasteiger partial charge >= 0.3 is 0 Å². The van der Waals surface area contributed by atoms with Crippen LogP contribution in [0.4, 0.5) is 0 Å². The van der Waals surface area contributed by atoms with Gasteiger partial charge in [-0.3, -0.25) is 4.79 Å². The zero-order valence-electron chi connectivity index (χ0n) is 12.6. The van der Waals surface area contributed by atoms with E-state index in [1.165, 1.54) is 12.8 Å². The number of ether oxygens (including phenoxy) is 1. The molecule has 1 fully saturated rings. The molecular formula is C15H29NO2. The van der Waals surface area contributed by atoms with Crippen molar-refractivity contribution in [3.63, 3.8) is 0 Å². The fourth-order valence-electron chi connectivity index (χ4n) is 2.04.